The predicted octanol–water partition coefficient (Wildman–Crippen LogP) is 2.44. The van der Waals surface area contributed by atoms with Crippen molar-refractivity contribution < 1.29 is 17.9 Å². The maximum atomic E-state index is 12.6. The van der Waals surface area contributed by atoms with Crippen molar-refractivity contribution in [1.29, 1.82) is 0 Å². The van der Waals surface area contributed by atoms with E-state index < -0.39 is 16.1 Å². The monoisotopic (exact) mass is 388 g/mol. The average molecular weight is 388 g/mol. The minimum Gasteiger partial charge on any atom is -0.476 e. The lowest BCUT2D eigenvalue weighted by Crippen LogP contribution is -2.50. The van der Waals surface area contributed by atoms with Gasteiger partial charge >= 0.3 is 0 Å². The van der Waals surface area contributed by atoms with Gasteiger partial charge in [0.05, 0.1) is 18.5 Å². The van der Waals surface area contributed by atoms with Crippen LogP contribution in [0.3, 0.4) is 0 Å². The first-order valence-electron chi connectivity index (χ1n) is 8.83. The molecule has 0 bridgehead atoms. The zero-order valence-electron chi connectivity index (χ0n) is 15.7. The fourth-order valence-corrected chi connectivity index (χ4v) is 3.99. The molecule has 3 rings (SSSR count). The molecule has 27 heavy (non-hydrogen) atoms. The molecule has 1 amide bonds. The topological polar surface area (TPSA) is 75.7 Å². The summed E-state index contributed by atoms with van der Waals surface area (Å²) in [5, 5.41) is 2.88. The predicted molar refractivity (Wildman–Crippen MR) is 106 cm³/mol. The fraction of sp³-hybridized carbons (Fsp3) is 0.350. The van der Waals surface area contributed by atoms with E-state index in [0.717, 1.165) is 17.4 Å². The highest BCUT2D eigenvalue weighted by Gasteiger charge is 2.35. The number of rotatable bonds is 5. The number of nitrogens with zero attached hydrogens (tertiary/aromatic N) is 1. The van der Waals surface area contributed by atoms with Gasteiger partial charge in [0.25, 0.3) is 5.91 Å². The molecule has 2 aromatic rings. The van der Waals surface area contributed by atoms with Crippen molar-refractivity contribution in [3.63, 3.8) is 0 Å². The molecular weight excluding hydrogens is 364 g/mol. The van der Waals surface area contributed by atoms with E-state index in [2.05, 4.69) is 5.32 Å². The number of hydrogen-bond acceptors (Lipinski definition) is 4. The van der Waals surface area contributed by atoms with Gasteiger partial charge in [-0.15, -0.1) is 0 Å². The Hall–Kier alpha value is -2.54. The van der Waals surface area contributed by atoms with E-state index in [9.17, 15) is 13.2 Å². The summed E-state index contributed by atoms with van der Waals surface area (Å²) < 4.78 is 31.4. The third-order valence-corrected chi connectivity index (χ3v) is 5.78. The first-order valence-corrected chi connectivity index (χ1v) is 10.7. The van der Waals surface area contributed by atoms with Crippen LogP contribution in [0, 0.1) is 6.92 Å². The highest BCUT2D eigenvalue weighted by molar-refractivity contribution is 7.92. The van der Waals surface area contributed by atoms with Gasteiger partial charge in [-0.3, -0.25) is 9.10 Å². The molecule has 0 fully saturated rings. The van der Waals surface area contributed by atoms with E-state index in [4.69, 9.17) is 4.74 Å². The molecule has 1 N–H and O–H groups in total. The van der Waals surface area contributed by atoms with Crippen molar-refractivity contribution in [2.24, 2.45) is 0 Å². The van der Waals surface area contributed by atoms with E-state index in [-0.39, 0.29) is 18.4 Å². The van der Waals surface area contributed by atoms with E-state index in [1.165, 1.54) is 4.31 Å². The van der Waals surface area contributed by atoms with Crippen LogP contribution in [0.4, 0.5) is 5.69 Å². The number of hydrogen-bond donors (Lipinski definition) is 1. The molecule has 0 saturated carbocycles. The average Bonchev–Trinajstić information content (AvgIpc) is 2.64. The number of carbonyl (C=O) groups excluding carboxylic acids is 1. The number of nitrogens with one attached hydrogen (secondary N) is 1. The Kier molecular flexibility index (Phi) is 5.41. The Balaban J connectivity index is 1.74. The van der Waals surface area contributed by atoms with Crippen molar-refractivity contribution in [2.75, 3.05) is 23.7 Å². The Morgan fingerprint density at radius 1 is 1.26 bits per heavy atom. The van der Waals surface area contributed by atoms with Crippen LogP contribution in [-0.4, -0.2) is 39.8 Å². The summed E-state index contributed by atoms with van der Waals surface area (Å²) in [6.07, 6.45) is 0.242. The Labute approximate surface area is 160 Å². The molecule has 1 heterocycles. The summed E-state index contributed by atoms with van der Waals surface area (Å²) in [4.78, 5) is 12.6. The van der Waals surface area contributed by atoms with Gasteiger partial charge in [-0.25, -0.2) is 8.42 Å². The van der Waals surface area contributed by atoms with Gasteiger partial charge in [0.2, 0.25) is 10.0 Å². The number of carbonyl (C=O) groups is 1. The fourth-order valence-electron chi connectivity index (χ4n) is 3.08. The number of ether oxygens (including phenoxy) is 1. The highest BCUT2D eigenvalue weighted by Crippen LogP contribution is 2.35. The molecular formula is C20H24N2O4S. The van der Waals surface area contributed by atoms with Crippen molar-refractivity contribution in [3.05, 3.63) is 59.7 Å². The van der Waals surface area contributed by atoms with Crippen LogP contribution in [-0.2, 0) is 14.8 Å². The van der Waals surface area contributed by atoms with Gasteiger partial charge in [-0.2, -0.15) is 0 Å². The van der Waals surface area contributed by atoms with Crippen molar-refractivity contribution in [1.82, 2.24) is 5.32 Å². The van der Waals surface area contributed by atoms with Gasteiger partial charge in [0.1, 0.15) is 5.75 Å². The number of anilines is 1. The highest BCUT2D eigenvalue weighted by atomic mass is 32.2. The van der Waals surface area contributed by atoms with Crippen LogP contribution >= 0.6 is 0 Å². The molecule has 1 aliphatic heterocycles. The van der Waals surface area contributed by atoms with Crippen LogP contribution in [0.5, 0.6) is 5.75 Å². The third-order valence-electron chi connectivity index (χ3n) is 4.63. The van der Waals surface area contributed by atoms with Crippen LogP contribution in [0.15, 0.2) is 48.5 Å². The van der Waals surface area contributed by atoms with Gasteiger partial charge in [0.15, 0.2) is 6.10 Å². The van der Waals surface area contributed by atoms with Gasteiger partial charge in [-0.05, 0) is 36.1 Å². The molecule has 1 aliphatic rings. The van der Waals surface area contributed by atoms with Gasteiger partial charge in [-0.1, -0.05) is 43.3 Å². The molecule has 6 nitrogen and oxygen atoms in total. The van der Waals surface area contributed by atoms with E-state index in [1.807, 2.05) is 50.2 Å². The van der Waals surface area contributed by atoms with E-state index in [0.29, 0.717) is 18.0 Å². The summed E-state index contributed by atoms with van der Waals surface area (Å²) in [7, 11) is -3.52. The van der Waals surface area contributed by atoms with Crippen LogP contribution < -0.4 is 14.4 Å². The number of sulfonamides is 1. The maximum Gasteiger partial charge on any atom is 0.263 e. The molecule has 0 radical (unpaired) electrons. The minimum absolute atomic E-state index is 0.0412. The Bertz CT molecular complexity index is 928. The molecule has 0 spiro atoms. The zero-order valence-corrected chi connectivity index (χ0v) is 16.5. The molecule has 0 aliphatic carbocycles. The number of amides is 1. The van der Waals surface area contributed by atoms with Crippen molar-refractivity contribution >= 4 is 21.6 Å². The molecule has 2 atom stereocenters. The number of fused-ring (bicyclic) bond motifs is 1. The lowest BCUT2D eigenvalue weighted by Gasteiger charge is -2.34. The van der Waals surface area contributed by atoms with Crippen LogP contribution in [0.2, 0.25) is 0 Å². The quantitative estimate of drug-likeness (QED) is 0.854. The second-order valence-electron chi connectivity index (χ2n) is 6.93. The number of benzene rings is 2. The second kappa shape index (κ2) is 7.60. The minimum atomic E-state index is -3.52. The molecule has 2 aromatic carbocycles. The lowest BCUT2D eigenvalue weighted by molar-refractivity contribution is -0.127. The lowest BCUT2D eigenvalue weighted by atomic mass is 10.0. The van der Waals surface area contributed by atoms with Gasteiger partial charge < -0.3 is 10.1 Å². The van der Waals surface area contributed by atoms with Gasteiger partial charge in [0, 0.05) is 6.54 Å². The SMILES string of the molecule is Cc1ccc2c(c1)O[C@H](C(=O)NC[C@@H](C)c1ccccc1)CN2S(C)(=O)=O. The standard InChI is InChI=1S/C20H24N2O4S/c1-14-9-10-17-18(11-14)26-19(13-22(17)27(3,24)25)20(23)21-12-15(2)16-7-5-4-6-8-16/h4-11,15,19H,12-13H2,1-3H3,(H,21,23)/t15-,19+/m1/s1. The number of aryl methyl sites for hydroxylation is 1. The molecule has 0 aromatic heterocycles. The molecule has 0 unspecified atom stereocenters. The summed E-state index contributed by atoms with van der Waals surface area (Å²) in [6.45, 7) is 4.32. The summed E-state index contributed by atoms with van der Waals surface area (Å²) in [5.41, 5.74) is 2.52. The first kappa shape index (κ1) is 19.2. The smallest absolute Gasteiger partial charge is 0.263 e. The summed E-state index contributed by atoms with van der Waals surface area (Å²) in [6, 6.07) is 15.2. The summed E-state index contributed by atoms with van der Waals surface area (Å²) in [5.74, 6) is 0.223. The first-order chi connectivity index (χ1) is 12.8. The van der Waals surface area contributed by atoms with Crippen LogP contribution in [0.1, 0.15) is 24.0 Å². The Morgan fingerprint density at radius 2 is 1.96 bits per heavy atom. The second-order valence-corrected chi connectivity index (χ2v) is 8.84. The molecule has 144 valence electrons. The largest absolute Gasteiger partial charge is 0.476 e. The Morgan fingerprint density at radius 3 is 2.63 bits per heavy atom. The molecule has 0 saturated heterocycles. The van der Waals surface area contributed by atoms with Crippen LogP contribution in [0.25, 0.3) is 0 Å². The third kappa shape index (κ3) is 4.42. The van der Waals surface area contributed by atoms with E-state index in [1.54, 1.807) is 12.1 Å². The summed E-state index contributed by atoms with van der Waals surface area (Å²) >= 11 is 0. The maximum absolute atomic E-state index is 12.6. The van der Waals surface area contributed by atoms with Crippen molar-refractivity contribution in [2.45, 2.75) is 25.9 Å². The molecule has 7 heteroatoms. The zero-order chi connectivity index (χ0) is 19.6. The van der Waals surface area contributed by atoms with E-state index >= 15 is 0 Å². The normalized spacial score (nSPS) is 17.6. The van der Waals surface area contributed by atoms with Crippen molar-refractivity contribution in [3.8, 4) is 5.75 Å².